The second kappa shape index (κ2) is 4.50. The molecule has 0 amide bonds. The molecule has 0 unspecified atom stereocenters. The molecule has 0 spiro atoms. The molecule has 1 aliphatic carbocycles. The highest BCUT2D eigenvalue weighted by atomic mass is 16.3. The average molecular weight is 217 g/mol. The predicted molar refractivity (Wildman–Crippen MR) is 60.9 cm³/mol. The topological polar surface area (TPSA) is 68.9 Å². The number of nitriles is 1. The molecule has 1 aromatic rings. The van der Waals surface area contributed by atoms with E-state index in [0.717, 1.165) is 31.4 Å². The summed E-state index contributed by atoms with van der Waals surface area (Å²) in [6.07, 6.45) is 7.39. The number of hydrogen-bond donors (Lipinski definition) is 2. The third-order valence-electron chi connectivity index (χ3n) is 3.20. The number of anilines is 1. The minimum Gasteiger partial charge on any atom is -0.394 e. The van der Waals surface area contributed by atoms with E-state index in [-0.39, 0.29) is 12.1 Å². The summed E-state index contributed by atoms with van der Waals surface area (Å²) >= 11 is 0. The molecule has 0 radical (unpaired) electrons. The van der Waals surface area contributed by atoms with Crippen molar-refractivity contribution in [3.05, 3.63) is 24.0 Å². The lowest BCUT2D eigenvalue weighted by molar-refractivity contribution is 0.214. The van der Waals surface area contributed by atoms with Gasteiger partial charge in [0.15, 0.2) is 0 Å². The third kappa shape index (κ3) is 2.00. The lowest BCUT2D eigenvalue weighted by Gasteiger charge is -2.29. The molecule has 84 valence electrons. The number of aliphatic hydroxyl groups is 1. The Bertz CT molecular complexity index is 405. The molecule has 4 nitrogen and oxygen atoms in total. The van der Waals surface area contributed by atoms with Crippen LogP contribution >= 0.6 is 0 Å². The van der Waals surface area contributed by atoms with Gasteiger partial charge in [-0.15, -0.1) is 0 Å². The van der Waals surface area contributed by atoms with E-state index in [1.807, 2.05) is 0 Å². The first-order valence-electron chi connectivity index (χ1n) is 5.53. The van der Waals surface area contributed by atoms with E-state index < -0.39 is 0 Å². The number of rotatable bonds is 3. The van der Waals surface area contributed by atoms with Crippen molar-refractivity contribution in [1.29, 1.82) is 5.26 Å². The average Bonchev–Trinajstić information content (AvgIpc) is 2.79. The molecule has 1 saturated carbocycles. The second-order valence-corrected chi connectivity index (χ2v) is 4.30. The van der Waals surface area contributed by atoms with Crippen molar-refractivity contribution in [3.8, 4) is 6.07 Å². The van der Waals surface area contributed by atoms with Crippen LogP contribution in [0.4, 0.5) is 5.69 Å². The number of aliphatic hydroxyl groups excluding tert-OH is 1. The fourth-order valence-corrected chi connectivity index (χ4v) is 2.25. The van der Waals surface area contributed by atoms with Gasteiger partial charge in [-0.25, -0.2) is 0 Å². The molecular formula is C12H15N3O. The van der Waals surface area contributed by atoms with Crippen molar-refractivity contribution in [2.24, 2.45) is 0 Å². The zero-order valence-corrected chi connectivity index (χ0v) is 9.11. The van der Waals surface area contributed by atoms with E-state index in [1.54, 1.807) is 18.5 Å². The maximum atomic E-state index is 9.48. The number of hydrogen-bond acceptors (Lipinski definition) is 4. The van der Waals surface area contributed by atoms with Crippen molar-refractivity contribution in [1.82, 2.24) is 4.98 Å². The summed E-state index contributed by atoms with van der Waals surface area (Å²) in [7, 11) is 0. The molecule has 16 heavy (non-hydrogen) atoms. The van der Waals surface area contributed by atoms with E-state index in [9.17, 15) is 5.11 Å². The first kappa shape index (κ1) is 10.9. The number of nitrogens with one attached hydrogen (secondary N) is 1. The Kier molecular flexibility index (Phi) is 3.07. The van der Waals surface area contributed by atoms with Gasteiger partial charge in [0, 0.05) is 6.20 Å². The SMILES string of the molecule is N#Cc1ccncc1NC1(CO)CCCC1. The summed E-state index contributed by atoms with van der Waals surface area (Å²) in [5.74, 6) is 0. The van der Waals surface area contributed by atoms with Crippen LogP contribution in [0.15, 0.2) is 18.5 Å². The molecule has 0 aromatic carbocycles. The molecule has 0 aliphatic heterocycles. The quantitative estimate of drug-likeness (QED) is 0.808. The fourth-order valence-electron chi connectivity index (χ4n) is 2.25. The molecule has 0 bridgehead atoms. The third-order valence-corrected chi connectivity index (χ3v) is 3.20. The van der Waals surface area contributed by atoms with Crippen LogP contribution in [0.3, 0.4) is 0 Å². The molecular weight excluding hydrogens is 202 g/mol. The maximum Gasteiger partial charge on any atom is 0.101 e. The Morgan fingerprint density at radius 3 is 2.88 bits per heavy atom. The van der Waals surface area contributed by atoms with E-state index in [1.165, 1.54) is 0 Å². The molecule has 0 saturated heterocycles. The standard InChI is InChI=1S/C12H15N3O/c13-7-10-3-6-14-8-11(10)15-12(9-16)4-1-2-5-12/h3,6,8,15-16H,1-2,4-5,9H2. The minimum absolute atomic E-state index is 0.104. The zero-order chi connectivity index (χ0) is 11.4. The van der Waals surface area contributed by atoms with Crippen LogP contribution in [0.5, 0.6) is 0 Å². The number of nitrogens with zero attached hydrogens (tertiary/aromatic N) is 2. The fraction of sp³-hybridized carbons (Fsp3) is 0.500. The van der Waals surface area contributed by atoms with Crippen LogP contribution in [0, 0.1) is 11.3 Å². The minimum atomic E-state index is -0.255. The summed E-state index contributed by atoms with van der Waals surface area (Å²) in [5, 5.41) is 21.7. The molecule has 1 fully saturated rings. The molecule has 1 aliphatic rings. The highest BCUT2D eigenvalue weighted by molar-refractivity contribution is 5.57. The van der Waals surface area contributed by atoms with E-state index in [2.05, 4.69) is 16.4 Å². The van der Waals surface area contributed by atoms with Gasteiger partial charge in [0.1, 0.15) is 6.07 Å². The van der Waals surface area contributed by atoms with Crippen molar-refractivity contribution < 1.29 is 5.11 Å². The number of pyridine rings is 1. The highest BCUT2D eigenvalue weighted by Gasteiger charge is 2.33. The van der Waals surface area contributed by atoms with Gasteiger partial charge in [0.2, 0.25) is 0 Å². The normalized spacial score (nSPS) is 18.0. The Hall–Kier alpha value is -1.60. The van der Waals surface area contributed by atoms with Crippen LogP contribution in [0.2, 0.25) is 0 Å². The summed E-state index contributed by atoms with van der Waals surface area (Å²) in [6, 6.07) is 3.81. The van der Waals surface area contributed by atoms with Crippen LogP contribution < -0.4 is 5.32 Å². The van der Waals surface area contributed by atoms with Gasteiger partial charge in [-0.1, -0.05) is 12.8 Å². The molecule has 1 heterocycles. The van der Waals surface area contributed by atoms with Gasteiger partial charge in [-0.05, 0) is 18.9 Å². The van der Waals surface area contributed by atoms with Gasteiger partial charge in [0.05, 0.1) is 29.6 Å². The summed E-state index contributed by atoms with van der Waals surface area (Å²) in [5.41, 5.74) is 1.05. The van der Waals surface area contributed by atoms with Gasteiger partial charge < -0.3 is 10.4 Å². The van der Waals surface area contributed by atoms with E-state index >= 15 is 0 Å². The van der Waals surface area contributed by atoms with Crippen molar-refractivity contribution in [3.63, 3.8) is 0 Å². The van der Waals surface area contributed by atoms with Gasteiger partial charge >= 0.3 is 0 Å². The molecule has 4 heteroatoms. The second-order valence-electron chi connectivity index (χ2n) is 4.30. The Morgan fingerprint density at radius 2 is 2.25 bits per heavy atom. The molecule has 1 aromatic heterocycles. The monoisotopic (exact) mass is 217 g/mol. The Labute approximate surface area is 94.9 Å². The molecule has 2 rings (SSSR count). The summed E-state index contributed by atoms with van der Waals surface area (Å²) in [6.45, 7) is 0.104. The summed E-state index contributed by atoms with van der Waals surface area (Å²) < 4.78 is 0. The lowest BCUT2D eigenvalue weighted by Crippen LogP contribution is -2.39. The van der Waals surface area contributed by atoms with Gasteiger partial charge in [0.25, 0.3) is 0 Å². The predicted octanol–water partition coefficient (Wildman–Crippen LogP) is 1.67. The molecule has 2 N–H and O–H groups in total. The van der Waals surface area contributed by atoms with Crippen LogP contribution in [0.1, 0.15) is 31.2 Å². The molecule has 0 atom stereocenters. The maximum absolute atomic E-state index is 9.48. The van der Waals surface area contributed by atoms with Gasteiger partial charge in [-0.3, -0.25) is 4.98 Å². The lowest BCUT2D eigenvalue weighted by atomic mass is 9.98. The zero-order valence-electron chi connectivity index (χ0n) is 9.11. The van der Waals surface area contributed by atoms with Crippen LogP contribution in [-0.4, -0.2) is 22.2 Å². The largest absolute Gasteiger partial charge is 0.394 e. The van der Waals surface area contributed by atoms with E-state index in [0.29, 0.717) is 5.56 Å². The smallest absolute Gasteiger partial charge is 0.101 e. The van der Waals surface area contributed by atoms with Crippen LogP contribution in [-0.2, 0) is 0 Å². The van der Waals surface area contributed by atoms with Crippen molar-refractivity contribution >= 4 is 5.69 Å². The Balaban J connectivity index is 2.23. The van der Waals surface area contributed by atoms with E-state index in [4.69, 9.17) is 5.26 Å². The first-order chi connectivity index (χ1) is 7.79. The first-order valence-corrected chi connectivity index (χ1v) is 5.53. The van der Waals surface area contributed by atoms with Crippen molar-refractivity contribution in [2.45, 2.75) is 31.2 Å². The van der Waals surface area contributed by atoms with Crippen molar-refractivity contribution in [2.75, 3.05) is 11.9 Å². The number of aromatic nitrogens is 1. The summed E-state index contributed by atoms with van der Waals surface area (Å²) in [4.78, 5) is 4.01. The Morgan fingerprint density at radius 1 is 1.50 bits per heavy atom. The highest BCUT2D eigenvalue weighted by Crippen LogP contribution is 2.33. The van der Waals surface area contributed by atoms with Crippen LogP contribution in [0.25, 0.3) is 0 Å². The van der Waals surface area contributed by atoms with Gasteiger partial charge in [-0.2, -0.15) is 5.26 Å².